The first-order valence-electron chi connectivity index (χ1n) is 3.90. The Hall–Kier alpha value is -1.17. The highest BCUT2D eigenvalue weighted by Crippen LogP contribution is 1.90. The number of aliphatic hydroxyl groups excluding tert-OH is 1. The van der Waals surface area contributed by atoms with Gasteiger partial charge in [0.05, 0.1) is 6.54 Å². The van der Waals surface area contributed by atoms with E-state index in [2.05, 4.69) is 5.10 Å². The van der Waals surface area contributed by atoms with Crippen molar-refractivity contribution >= 4 is 0 Å². The van der Waals surface area contributed by atoms with Crippen LogP contribution in [0.3, 0.4) is 0 Å². The van der Waals surface area contributed by atoms with Crippen LogP contribution in [0.1, 0.15) is 5.82 Å². The lowest BCUT2D eigenvalue weighted by Crippen LogP contribution is -2.29. The van der Waals surface area contributed by atoms with Gasteiger partial charge in [0.25, 0.3) is 0 Å². The molecule has 0 amide bonds. The van der Waals surface area contributed by atoms with Crippen molar-refractivity contribution in [3.63, 3.8) is 0 Å². The Labute approximate surface area is 74.4 Å². The average Bonchev–Trinajstić information content (AvgIpc) is 2.34. The molecule has 0 spiro atoms. The molecule has 0 saturated carbocycles. The fourth-order valence-corrected chi connectivity index (χ4v) is 0.963. The summed E-state index contributed by atoms with van der Waals surface area (Å²) in [6.07, 6.45) is -1.16. The van der Waals surface area contributed by atoms with E-state index in [1.165, 1.54) is 4.57 Å². The van der Waals surface area contributed by atoms with Crippen molar-refractivity contribution in [2.75, 3.05) is 6.67 Å². The zero-order chi connectivity index (χ0) is 10.0. The first kappa shape index (κ1) is 9.91. The Morgan fingerprint density at radius 3 is 2.69 bits per heavy atom. The molecule has 1 N–H and O–H groups in total. The van der Waals surface area contributed by atoms with Gasteiger partial charge in [-0.1, -0.05) is 0 Å². The normalized spacial score (nSPS) is 13.2. The number of aryl methyl sites for hydroxylation is 1. The number of hydrogen-bond acceptors (Lipinski definition) is 3. The molecule has 0 saturated heterocycles. The van der Waals surface area contributed by atoms with Gasteiger partial charge < -0.3 is 5.11 Å². The summed E-state index contributed by atoms with van der Waals surface area (Å²) >= 11 is 0. The Balaban J connectivity index is 2.90. The second kappa shape index (κ2) is 3.69. The number of alkyl halides is 1. The third kappa shape index (κ3) is 1.95. The summed E-state index contributed by atoms with van der Waals surface area (Å²) in [6, 6.07) is 0. The molecule has 0 aliphatic rings. The largest absolute Gasteiger partial charge is 0.388 e. The molecule has 0 aliphatic carbocycles. The van der Waals surface area contributed by atoms with E-state index in [4.69, 9.17) is 5.11 Å². The Morgan fingerprint density at radius 1 is 1.69 bits per heavy atom. The molecule has 1 aromatic heterocycles. The molecule has 13 heavy (non-hydrogen) atoms. The molecule has 74 valence electrons. The molecule has 0 radical (unpaired) electrons. The Bertz CT molecular complexity index is 344. The van der Waals surface area contributed by atoms with Crippen LogP contribution in [-0.2, 0) is 13.6 Å². The van der Waals surface area contributed by atoms with Crippen LogP contribution in [0.15, 0.2) is 4.79 Å². The highest BCUT2D eigenvalue weighted by molar-refractivity contribution is 4.81. The van der Waals surface area contributed by atoms with Crippen LogP contribution < -0.4 is 5.69 Å². The summed E-state index contributed by atoms with van der Waals surface area (Å²) < 4.78 is 14.3. The van der Waals surface area contributed by atoms with Crippen molar-refractivity contribution in [2.45, 2.75) is 19.6 Å². The van der Waals surface area contributed by atoms with E-state index in [0.29, 0.717) is 5.82 Å². The number of rotatable bonds is 3. The Morgan fingerprint density at radius 2 is 2.31 bits per heavy atom. The summed E-state index contributed by atoms with van der Waals surface area (Å²) in [5.74, 6) is 0.538. The van der Waals surface area contributed by atoms with E-state index in [1.807, 2.05) is 0 Å². The van der Waals surface area contributed by atoms with Gasteiger partial charge >= 0.3 is 5.69 Å². The van der Waals surface area contributed by atoms with Crippen molar-refractivity contribution in [1.82, 2.24) is 14.3 Å². The van der Waals surface area contributed by atoms with Gasteiger partial charge in [0, 0.05) is 7.05 Å². The first-order valence-corrected chi connectivity index (χ1v) is 3.90. The number of aliphatic hydroxyl groups is 1. The fourth-order valence-electron chi connectivity index (χ4n) is 0.963. The molecule has 1 unspecified atom stereocenters. The maximum Gasteiger partial charge on any atom is 0.345 e. The zero-order valence-corrected chi connectivity index (χ0v) is 7.57. The van der Waals surface area contributed by atoms with Crippen LogP contribution >= 0.6 is 0 Å². The average molecular weight is 189 g/mol. The van der Waals surface area contributed by atoms with Crippen LogP contribution in [0.5, 0.6) is 0 Å². The smallest absolute Gasteiger partial charge is 0.345 e. The van der Waals surface area contributed by atoms with Crippen LogP contribution in [-0.4, -0.2) is 32.2 Å². The van der Waals surface area contributed by atoms with Gasteiger partial charge in [0.1, 0.15) is 18.6 Å². The molecular formula is C7H12FN3O2. The second-order valence-corrected chi connectivity index (χ2v) is 2.88. The second-order valence-electron chi connectivity index (χ2n) is 2.88. The minimum Gasteiger partial charge on any atom is -0.388 e. The lowest BCUT2D eigenvalue weighted by Gasteiger charge is -2.03. The van der Waals surface area contributed by atoms with E-state index in [0.717, 1.165) is 4.68 Å². The van der Waals surface area contributed by atoms with Gasteiger partial charge in [0.15, 0.2) is 0 Å². The predicted molar refractivity (Wildman–Crippen MR) is 44.2 cm³/mol. The molecule has 1 heterocycles. The number of aromatic nitrogens is 3. The maximum absolute atomic E-state index is 11.9. The van der Waals surface area contributed by atoms with Gasteiger partial charge in [-0.25, -0.2) is 13.9 Å². The Kier molecular flexibility index (Phi) is 2.82. The summed E-state index contributed by atoms with van der Waals surface area (Å²) in [5, 5.41) is 12.8. The summed E-state index contributed by atoms with van der Waals surface area (Å²) in [6.45, 7) is 0.693. The van der Waals surface area contributed by atoms with Gasteiger partial charge in [-0.15, -0.1) is 0 Å². The minimum atomic E-state index is -1.16. The fraction of sp³-hybridized carbons (Fsp3) is 0.714. The molecule has 0 bridgehead atoms. The summed E-state index contributed by atoms with van der Waals surface area (Å²) in [7, 11) is 1.57. The lowest BCUT2D eigenvalue weighted by atomic mass is 10.4. The SMILES string of the molecule is Cc1nn(CC(O)CF)c(=O)n1C. The van der Waals surface area contributed by atoms with Gasteiger partial charge in [-0.3, -0.25) is 4.57 Å². The molecular weight excluding hydrogens is 177 g/mol. The number of nitrogens with zero attached hydrogens (tertiary/aromatic N) is 3. The van der Waals surface area contributed by atoms with Crippen molar-refractivity contribution in [3.8, 4) is 0 Å². The van der Waals surface area contributed by atoms with Crippen molar-refractivity contribution in [2.24, 2.45) is 7.05 Å². The highest BCUT2D eigenvalue weighted by Gasteiger charge is 2.10. The lowest BCUT2D eigenvalue weighted by molar-refractivity contribution is 0.116. The molecule has 1 atom stereocenters. The van der Waals surface area contributed by atoms with E-state index in [1.54, 1.807) is 14.0 Å². The van der Waals surface area contributed by atoms with E-state index < -0.39 is 12.8 Å². The standard InChI is InChI=1S/C7H12FN3O2/c1-5-9-11(4-6(12)3-8)7(13)10(5)2/h6,12H,3-4H2,1-2H3. The van der Waals surface area contributed by atoms with Crippen LogP contribution in [0.2, 0.25) is 0 Å². The van der Waals surface area contributed by atoms with Gasteiger partial charge in [-0.05, 0) is 6.92 Å². The molecule has 5 nitrogen and oxygen atoms in total. The van der Waals surface area contributed by atoms with E-state index >= 15 is 0 Å². The third-order valence-electron chi connectivity index (χ3n) is 1.82. The molecule has 0 aromatic carbocycles. The predicted octanol–water partition coefficient (Wildman–Crippen LogP) is -0.779. The van der Waals surface area contributed by atoms with E-state index in [-0.39, 0.29) is 12.2 Å². The highest BCUT2D eigenvalue weighted by atomic mass is 19.1. The number of halogens is 1. The van der Waals surface area contributed by atoms with Crippen LogP contribution in [0.4, 0.5) is 4.39 Å². The monoisotopic (exact) mass is 189 g/mol. The topological polar surface area (TPSA) is 60.0 Å². The minimum absolute atomic E-state index is 0.100. The quantitative estimate of drug-likeness (QED) is 0.678. The van der Waals surface area contributed by atoms with Crippen molar-refractivity contribution in [3.05, 3.63) is 16.3 Å². The first-order chi connectivity index (χ1) is 6.06. The maximum atomic E-state index is 11.9. The van der Waals surface area contributed by atoms with Gasteiger partial charge in [0.2, 0.25) is 0 Å². The molecule has 1 aromatic rings. The van der Waals surface area contributed by atoms with Crippen molar-refractivity contribution < 1.29 is 9.50 Å². The molecule has 0 aliphatic heterocycles. The molecule has 6 heteroatoms. The third-order valence-corrected chi connectivity index (χ3v) is 1.82. The van der Waals surface area contributed by atoms with E-state index in [9.17, 15) is 9.18 Å². The molecule has 1 rings (SSSR count). The summed E-state index contributed by atoms with van der Waals surface area (Å²) in [4.78, 5) is 11.3. The zero-order valence-electron chi connectivity index (χ0n) is 7.57. The van der Waals surface area contributed by atoms with Gasteiger partial charge in [-0.2, -0.15) is 5.10 Å². The number of hydrogen-bond donors (Lipinski definition) is 1. The van der Waals surface area contributed by atoms with Crippen molar-refractivity contribution in [1.29, 1.82) is 0 Å². The van der Waals surface area contributed by atoms with Crippen LogP contribution in [0.25, 0.3) is 0 Å². The summed E-state index contributed by atoms with van der Waals surface area (Å²) in [5.41, 5.74) is -0.343. The van der Waals surface area contributed by atoms with Crippen LogP contribution in [0, 0.1) is 6.92 Å². The molecule has 0 fully saturated rings.